The second-order valence-electron chi connectivity index (χ2n) is 6.76. The Kier molecular flexibility index (Phi) is 6.67. The maximum atomic E-state index is 12.2. The van der Waals surface area contributed by atoms with Crippen LogP contribution in [0.25, 0.3) is 0 Å². The van der Waals surface area contributed by atoms with Gasteiger partial charge >= 0.3 is 6.03 Å². The Balaban J connectivity index is 1.39. The number of aliphatic hydroxyl groups is 1. The first-order chi connectivity index (χ1) is 12.3. The molecule has 1 heterocycles. The smallest absolute Gasteiger partial charge is 0.317 e. The Morgan fingerprint density at radius 1 is 1.16 bits per heavy atom. The molecule has 0 saturated carbocycles. The van der Waals surface area contributed by atoms with Gasteiger partial charge in [-0.1, -0.05) is 24.3 Å². The highest BCUT2D eigenvalue weighted by molar-refractivity contribution is 5.74. The third-order valence-electron chi connectivity index (χ3n) is 5.20. The number of rotatable bonds is 6. The molecule has 3 rings (SSSR count). The van der Waals surface area contributed by atoms with Crippen LogP contribution < -0.4 is 5.32 Å². The first kappa shape index (κ1) is 18.2. The van der Waals surface area contributed by atoms with Gasteiger partial charge in [0, 0.05) is 38.8 Å². The Hall–Kier alpha value is -1.63. The van der Waals surface area contributed by atoms with Gasteiger partial charge in [-0.3, -0.25) is 4.90 Å². The zero-order chi connectivity index (χ0) is 17.5. The van der Waals surface area contributed by atoms with E-state index >= 15 is 0 Å². The lowest BCUT2D eigenvalue weighted by Crippen LogP contribution is -2.55. The summed E-state index contributed by atoms with van der Waals surface area (Å²) in [5, 5.41) is 11.5. The van der Waals surface area contributed by atoms with Gasteiger partial charge in [-0.2, -0.15) is 0 Å². The molecule has 0 bridgehead atoms. The predicted molar refractivity (Wildman–Crippen MR) is 96.7 cm³/mol. The van der Waals surface area contributed by atoms with Crippen molar-refractivity contribution in [2.45, 2.75) is 25.3 Å². The summed E-state index contributed by atoms with van der Waals surface area (Å²) >= 11 is 0. The van der Waals surface area contributed by atoms with Crippen LogP contribution in [0.3, 0.4) is 0 Å². The average molecular weight is 347 g/mol. The molecule has 0 radical (unpaired) electrons. The Bertz CT molecular complexity index is 559. The number of aliphatic hydroxyl groups excluding tert-OH is 1. The van der Waals surface area contributed by atoms with Crippen LogP contribution >= 0.6 is 0 Å². The predicted octanol–water partition coefficient (Wildman–Crippen LogP) is 0.880. The van der Waals surface area contributed by atoms with E-state index in [-0.39, 0.29) is 12.6 Å². The highest BCUT2D eigenvalue weighted by Crippen LogP contribution is 2.25. The van der Waals surface area contributed by atoms with E-state index in [9.17, 15) is 4.79 Å². The Morgan fingerprint density at radius 3 is 2.68 bits per heavy atom. The summed E-state index contributed by atoms with van der Waals surface area (Å²) in [6.45, 7) is 4.71. The number of benzene rings is 1. The largest absolute Gasteiger partial charge is 0.394 e. The fraction of sp³-hybridized carbons (Fsp3) is 0.632. The van der Waals surface area contributed by atoms with E-state index in [1.165, 1.54) is 17.5 Å². The van der Waals surface area contributed by atoms with Gasteiger partial charge in [-0.05, 0) is 30.4 Å². The standard InChI is InChI=1S/C19H29N3O3/c23-12-14-25-13-7-20-19(24)22-10-8-21(9-11-22)18-6-5-16-3-1-2-4-17(16)15-18/h1-4,18,23H,5-15H2,(H,20,24). The van der Waals surface area contributed by atoms with E-state index in [0.717, 1.165) is 39.0 Å². The summed E-state index contributed by atoms with van der Waals surface area (Å²) in [6, 6.07) is 9.36. The van der Waals surface area contributed by atoms with Crippen molar-refractivity contribution in [3.63, 3.8) is 0 Å². The average Bonchev–Trinajstić information content (AvgIpc) is 2.67. The van der Waals surface area contributed by atoms with E-state index < -0.39 is 0 Å². The quantitative estimate of drug-likeness (QED) is 0.750. The lowest BCUT2D eigenvalue weighted by molar-refractivity contribution is 0.0880. The summed E-state index contributed by atoms with van der Waals surface area (Å²) in [5.41, 5.74) is 2.99. The number of nitrogens with one attached hydrogen (secondary N) is 1. The van der Waals surface area contributed by atoms with Crippen LogP contribution in [0.5, 0.6) is 0 Å². The molecule has 2 N–H and O–H groups in total. The van der Waals surface area contributed by atoms with Crippen molar-refractivity contribution in [3.05, 3.63) is 35.4 Å². The molecule has 1 aromatic carbocycles. The molecule has 0 spiro atoms. The number of nitrogens with zero attached hydrogens (tertiary/aromatic N) is 2. The van der Waals surface area contributed by atoms with Crippen molar-refractivity contribution < 1.29 is 14.6 Å². The number of aryl methyl sites for hydroxylation is 1. The van der Waals surface area contributed by atoms with Crippen molar-refractivity contribution in [2.75, 3.05) is 52.5 Å². The molecule has 138 valence electrons. The van der Waals surface area contributed by atoms with Crippen molar-refractivity contribution in [2.24, 2.45) is 0 Å². The normalized spacial score (nSPS) is 21.0. The number of carbonyl (C=O) groups excluding carboxylic acids is 1. The van der Waals surface area contributed by atoms with Crippen LogP contribution in [0, 0.1) is 0 Å². The van der Waals surface area contributed by atoms with Crippen LogP contribution in [0.4, 0.5) is 4.79 Å². The summed E-state index contributed by atoms with van der Waals surface area (Å²) in [7, 11) is 0. The van der Waals surface area contributed by atoms with Crippen molar-refractivity contribution in [3.8, 4) is 0 Å². The number of urea groups is 1. The van der Waals surface area contributed by atoms with E-state index in [4.69, 9.17) is 9.84 Å². The summed E-state index contributed by atoms with van der Waals surface area (Å²) in [5.74, 6) is 0. The van der Waals surface area contributed by atoms with Gasteiger partial charge in [0.1, 0.15) is 0 Å². The van der Waals surface area contributed by atoms with Crippen LogP contribution in [0.2, 0.25) is 0 Å². The lowest BCUT2D eigenvalue weighted by Gasteiger charge is -2.41. The zero-order valence-corrected chi connectivity index (χ0v) is 14.8. The number of hydrogen-bond donors (Lipinski definition) is 2. The van der Waals surface area contributed by atoms with Gasteiger partial charge in [-0.25, -0.2) is 4.79 Å². The Labute approximate surface area is 149 Å². The van der Waals surface area contributed by atoms with Crippen molar-refractivity contribution >= 4 is 6.03 Å². The molecular formula is C19H29N3O3. The van der Waals surface area contributed by atoms with Gasteiger partial charge in [0.25, 0.3) is 0 Å². The first-order valence-corrected chi connectivity index (χ1v) is 9.30. The molecule has 1 saturated heterocycles. The van der Waals surface area contributed by atoms with Gasteiger partial charge in [-0.15, -0.1) is 0 Å². The second-order valence-corrected chi connectivity index (χ2v) is 6.76. The molecule has 1 unspecified atom stereocenters. The fourth-order valence-corrected chi connectivity index (χ4v) is 3.79. The minimum absolute atomic E-state index is 0.0127. The number of hydrogen-bond acceptors (Lipinski definition) is 4. The molecule has 1 aliphatic heterocycles. The number of piperazine rings is 1. The van der Waals surface area contributed by atoms with Crippen LogP contribution in [-0.2, 0) is 17.6 Å². The molecule has 1 atom stereocenters. The minimum Gasteiger partial charge on any atom is -0.394 e. The summed E-state index contributed by atoms with van der Waals surface area (Å²) in [4.78, 5) is 16.6. The molecule has 6 nitrogen and oxygen atoms in total. The number of fused-ring (bicyclic) bond motifs is 1. The molecule has 0 aromatic heterocycles. The van der Waals surface area contributed by atoms with Gasteiger partial charge < -0.3 is 20.1 Å². The zero-order valence-electron chi connectivity index (χ0n) is 14.8. The maximum absolute atomic E-state index is 12.2. The van der Waals surface area contributed by atoms with Crippen LogP contribution in [-0.4, -0.2) is 79.5 Å². The third kappa shape index (κ3) is 4.93. The highest BCUT2D eigenvalue weighted by atomic mass is 16.5. The van der Waals surface area contributed by atoms with Crippen LogP contribution in [0.1, 0.15) is 17.5 Å². The van der Waals surface area contributed by atoms with Crippen molar-refractivity contribution in [1.82, 2.24) is 15.1 Å². The number of amides is 2. The fourth-order valence-electron chi connectivity index (χ4n) is 3.79. The third-order valence-corrected chi connectivity index (χ3v) is 5.20. The van der Waals surface area contributed by atoms with E-state index in [0.29, 0.717) is 25.8 Å². The SMILES string of the molecule is O=C(NCCOCCO)N1CCN(C2CCc3ccccc3C2)CC1. The summed E-state index contributed by atoms with van der Waals surface area (Å²) in [6.07, 6.45) is 3.51. The molecular weight excluding hydrogens is 318 g/mol. The molecule has 1 fully saturated rings. The van der Waals surface area contributed by atoms with Crippen LogP contribution in [0.15, 0.2) is 24.3 Å². The van der Waals surface area contributed by atoms with E-state index in [1.54, 1.807) is 0 Å². The van der Waals surface area contributed by atoms with Crippen molar-refractivity contribution in [1.29, 1.82) is 0 Å². The molecule has 2 amide bonds. The van der Waals surface area contributed by atoms with Gasteiger partial charge in [0.15, 0.2) is 0 Å². The summed E-state index contributed by atoms with van der Waals surface area (Å²) < 4.78 is 5.15. The Morgan fingerprint density at radius 2 is 1.92 bits per heavy atom. The number of carbonyl (C=O) groups is 1. The molecule has 6 heteroatoms. The second kappa shape index (κ2) is 9.17. The highest BCUT2D eigenvalue weighted by Gasteiger charge is 2.28. The van der Waals surface area contributed by atoms with Gasteiger partial charge in [0.05, 0.1) is 19.8 Å². The lowest BCUT2D eigenvalue weighted by atomic mass is 9.87. The van der Waals surface area contributed by atoms with E-state index in [1.807, 2.05) is 4.90 Å². The topological polar surface area (TPSA) is 65.0 Å². The molecule has 1 aliphatic carbocycles. The molecule has 25 heavy (non-hydrogen) atoms. The number of ether oxygens (including phenoxy) is 1. The molecule has 1 aromatic rings. The monoisotopic (exact) mass is 347 g/mol. The maximum Gasteiger partial charge on any atom is 0.317 e. The van der Waals surface area contributed by atoms with Gasteiger partial charge in [0.2, 0.25) is 0 Å². The first-order valence-electron chi connectivity index (χ1n) is 9.30. The minimum atomic E-state index is -0.0127. The van der Waals surface area contributed by atoms with E-state index in [2.05, 4.69) is 34.5 Å². The molecule has 2 aliphatic rings.